The van der Waals surface area contributed by atoms with Crippen molar-refractivity contribution in [1.29, 1.82) is 0 Å². The van der Waals surface area contributed by atoms with Gasteiger partial charge in [-0.2, -0.15) is 0 Å². The van der Waals surface area contributed by atoms with Gasteiger partial charge in [-0.1, -0.05) is 13.8 Å². The molecule has 0 aromatic heterocycles. The van der Waals surface area contributed by atoms with E-state index >= 15 is 0 Å². The second kappa shape index (κ2) is 4.09. The highest BCUT2D eigenvalue weighted by Gasteiger charge is 2.32. The minimum Gasteiger partial charge on any atom is -0.480 e. The molecule has 0 aliphatic carbocycles. The molecule has 6 heteroatoms. The van der Waals surface area contributed by atoms with Crippen molar-refractivity contribution in [3.05, 3.63) is 0 Å². The molecule has 0 amide bonds. The minimum absolute atomic E-state index is 0.162. The van der Waals surface area contributed by atoms with Crippen molar-refractivity contribution in [3.8, 4) is 0 Å². The number of carbonyl (C=O) groups is 1. The Bertz CT molecular complexity index is 337. The Kier molecular flexibility index (Phi) is 3.40. The third kappa shape index (κ3) is 3.46. The predicted octanol–water partition coefficient (Wildman–Crippen LogP) is 0.523. The first-order chi connectivity index (χ1) is 6.73. The summed E-state index contributed by atoms with van der Waals surface area (Å²) in [7, 11) is -3.60. The molecule has 1 heterocycles. The van der Waals surface area contributed by atoms with Crippen molar-refractivity contribution in [1.82, 2.24) is 4.31 Å². The van der Waals surface area contributed by atoms with Crippen LogP contribution in [0, 0.1) is 5.41 Å². The van der Waals surface area contributed by atoms with Crippen LogP contribution in [-0.4, -0.2) is 42.6 Å². The molecule has 0 saturated carbocycles. The van der Waals surface area contributed by atoms with Crippen molar-refractivity contribution in [2.45, 2.75) is 26.7 Å². The molecule has 5 nitrogen and oxygen atoms in total. The highest BCUT2D eigenvalue weighted by Crippen LogP contribution is 2.30. The van der Waals surface area contributed by atoms with Gasteiger partial charge in [-0.15, -0.1) is 0 Å². The van der Waals surface area contributed by atoms with Crippen LogP contribution < -0.4 is 0 Å². The molecule has 0 aromatic rings. The molecule has 15 heavy (non-hydrogen) atoms. The molecule has 1 rings (SSSR count). The van der Waals surface area contributed by atoms with Gasteiger partial charge in [0.1, 0.15) is 0 Å². The van der Waals surface area contributed by atoms with Gasteiger partial charge in [0.2, 0.25) is 10.0 Å². The molecule has 0 bridgehead atoms. The van der Waals surface area contributed by atoms with E-state index < -0.39 is 21.7 Å². The van der Waals surface area contributed by atoms with E-state index in [0.29, 0.717) is 13.1 Å². The number of aliphatic carboxylic acids is 1. The number of nitrogens with zero attached hydrogens (tertiary/aromatic N) is 1. The summed E-state index contributed by atoms with van der Waals surface area (Å²) in [6.45, 7) is 5.05. The van der Waals surface area contributed by atoms with E-state index in [0.717, 1.165) is 12.8 Å². The summed E-state index contributed by atoms with van der Waals surface area (Å²) in [4.78, 5) is 10.4. The van der Waals surface area contributed by atoms with Crippen LogP contribution in [0.3, 0.4) is 0 Å². The molecule has 1 saturated heterocycles. The number of carboxylic acids is 1. The van der Waals surface area contributed by atoms with E-state index in [9.17, 15) is 13.2 Å². The third-order valence-corrected chi connectivity index (χ3v) is 4.54. The fourth-order valence-corrected chi connectivity index (χ4v) is 2.85. The smallest absolute Gasteiger partial charge is 0.320 e. The normalized spacial score (nSPS) is 22.5. The lowest BCUT2D eigenvalue weighted by molar-refractivity contribution is -0.134. The summed E-state index contributed by atoms with van der Waals surface area (Å²) in [6, 6.07) is 0. The van der Waals surface area contributed by atoms with Gasteiger partial charge in [-0.25, -0.2) is 12.7 Å². The molecule has 1 aliphatic heterocycles. The Hall–Kier alpha value is -0.620. The van der Waals surface area contributed by atoms with E-state index in [-0.39, 0.29) is 5.41 Å². The van der Waals surface area contributed by atoms with Gasteiger partial charge in [-0.05, 0) is 18.3 Å². The van der Waals surface area contributed by atoms with Gasteiger partial charge in [0, 0.05) is 13.1 Å². The summed E-state index contributed by atoms with van der Waals surface area (Å²) in [5.74, 6) is -2.09. The van der Waals surface area contributed by atoms with Gasteiger partial charge in [0.15, 0.2) is 5.75 Å². The van der Waals surface area contributed by atoms with Crippen molar-refractivity contribution in [2.24, 2.45) is 5.41 Å². The Morgan fingerprint density at radius 2 is 1.80 bits per heavy atom. The molecule has 1 N–H and O–H groups in total. The molecular formula is C9H17NO4S. The largest absolute Gasteiger partial charge is 0.480 e. The molecule has 0 spiro atoms. The lowest BCUT2D eigenvalue weighted by Crippen LogP contribution is -2.43. The summed E-state index contributed by atoms with van der Waals surface area (Å²) in [6.07, 6.45) is 1.57. The average Bonchev–Trinajstić information content (AvgIpc) is 2.00. The van der Waals surface area contributed by atoms with Crippen LogP contribution in [-0.2, 0) is 14.8 Å². The van der Waals surface area contributed by atoms with Crippen LogP contribution in [0.5, 0.6) is 0 Å². The second-order valence-corrected chi connectivity index (χ2v) is 6.68. The fourth-order valence-electron chi connectivity index (χ4n) is 1.62. The van der Waals surface area contributed by atoms with E-state index in [1.54, 1.807) is 0 Å². The van der Waals surface area contributed by atoms with Crippen LogP contribution in [0.4, 0.5) is 0 Å². The Labute approximate surface area is 90.1 Å². The van der Waals surface area contributed by atoms with Crippen molar-refractivity contribution < 1.29 is 18.3 Å². The maximum Gasteiger partial charge on any atom is 0.320 e. The Morgan fingerprint density at radius 1 is 1.33 bits per heavy atom. The van der Waals surface area contributed by atoms with Gasteiger partial charge < -0.3 is 5.11 Å². The van der Waals surface area contributed by atoms with Crippen molar-refractivity contribution in [3.63, 3.8) is 0 Å². The summed E-state index contributed by atoms with van der Waals surface area (Å²) in [5.41, 5.74) is 0.162. The quantitative estimate of drug-likeness (QED) is 0.774. The highest BCUT2D eigenvalue weighted by molar-refractivity contribution is 7.89. The topological polar surface area (TPSA) is 74.7 Å². The van der Waals surface area contributed by atoms with Crippen molar-refractivity contribution >= 4 is 16.0 Å². The molecule has 1 aliphatic rings. The number of sulfonamides is 1. The lowest BCUT2D eigenvalue weighted by atomic mass is 9.83. The minimum atomic E-state index is -3.60. The molecule has 0 atom stereocenters. The van der Waals surface area contributed by atoms with Crippen LogP contribution in [0.2, 0.25) is 0 Å². The highest BCUT2D eigenvalue weighted by atomic mass is 32.2. The van der Waals surface area contributed by atoms with Crippen molar-refractivity contribution in [2.75, 3.05) is 18.8 Å². The Morgan fingerprint density at radius 3 is 2.20 bits per heavy atom. The van der Waals surface area contributed by atoms with Crippen LogP contribution in [0.15, 0.2) is 0 Å². The monoisotopic (exact) mass is 235 g/mol. The standard InChI is InChI=1S/C9H17NO4S/c1-9(2)3-5-10(6-4-9)15(13,14)7-8(11)12/h3-7H2,1-2H3,(H,11,12). The molecule has 1 fully saturated rings. The molecule has 0 radical (unpaired) electrons. The zero-order chi connectivity index (χ0) is 11.7. The van der Waals surface area contributed by atoms with Crippen LogP contribution in [0.25, 0.3) is 0 Å². The zero-order valence-corrected chi connectivity index (χ0v) is 9.88. The maximum atomic E-state index is 11.6. The van der Waals surface area contributed by atoms with E-state index in [1.165, 1.54) is 4.31 Å². The van der Waals surface area contributed by atoms with Gasteiger partial charge >= 0.3 is 5.97 Å². The maximum absolute atomic E-state index is 11.6. The van der Waals surface area contributed by atoms with E-state index in [2.05, 4.69) is 13.8 Å². The number of hydrogen-bond acceptors (Lipinski definition) is 3. The molecule has 88 valence electrons. The second-order valence-electron chi connectivity index (χ2n) is 4.71. The number of rotatable bonds is 3. The van der Waals surface area contributed by atoms with Gasteiger partial charge in [0.25, 0.3) is 0 Å². The Balaban J connectivity index is 2.64. The van der Waals surface area contributed by atoms with Crippen LogP contribution >= 0.6 is 0 Å². The summed E-state index contributed by atoms with van der Waals surface area (Å²) < 4.78 is 24.4. The van der Waals surface area contributed by atoms with Crippen LogP contribution in [0.1, 0.15) is 26.7 Å². The van der Waals surface area contributed by atoms with Gasteiger partial charge in [-0.3, -0.25) is 4.79 Å². The molecular weight excluding hydrogens is 218 g/mol. The molecule has 0 unspecified atom stereocenters. The fraction of sp³-hybridized carbons (Fsp3) is 0.889. The first kappa shape index (κ1) is 12.4. The lowest BCUT2D eigenvalue weighted by Gasteiger charge is -2.35. The van der Waals surface area contributed by atoms with Gasteiger partial charge in [0.05, 0.1) is 0 Å². The first-order valence-corrected chi connectivity index (χ1v) is 6.53. The third-order valence-electron chi connectivity index (χ3n) is 2.78. The zero-order valence-electron chi connectivity index (χ0n) is 9.06. The first-order valence-electron chi connectivity index (χ1n) is 4.93. The SMILES string of the molecule is CC1(C)CCN(S(=O)(=O)CC(=O)O)CC1. The predicted molar refractivity (Wildman–Crippen MR) is 56.0 cm³/mol. The number of piperidine rings is 1. The van der Waals surface area contributed by atoms with E-state index in [1.807, 2.05) is 0 Å². The summed E-state index contributed by atoms with van der Waals surface area (Å²) in [5, 5.41) is 8.48. The number of carboxylic acid groups (broad SMARTS) is 1. The number of hydrogen-bond donors (Lipinski definition) is 1. The summed E-state index contributed by atoms with van der Waals surface area (Å²) >= 11 is 0. The average molecular weight is 235 g/mol. The van der Waals surface area contributed by atoms with E-state index in [4.69, 9.17) is 5.11 Å². The molecule has 0 aromatic carbocycles.